The molecule has 290 valence electrons. The zero-order chi connectivity index (χ0) is 35.4. The standard InChI is InChI=1S/C42H88NO4P/c1-6-8-10-12-14-16-18-20-22-24-26-28-30-32-34-36-38-42(47-48(44,45)46-41-40-43(3,4)5)39-37-35-33-31-29-27-25-23-21-19-17-15-13-11-9-7-2/h42H,6-41H2,1-5H3. The minimum absolute atomic E-state index is 0.176. The van der Waals surface area contributed by atoms with E-state index in [1.54, 1.807) is 0 Å². The van der Waals surface area contributed by atoms with Crippen LogP contribution in [0, 0.1) is 0 Å². The topological polar surface area (TPSA) is 58.6 Å². The van der Waals surface area contributed by atoms with Gasteiger partial charge >= 0.3 is 0 Å². The molecule has 0 aromatic heterocycles. The second-order valence-electron chi connectivity index (χ2n) is 16.2. The highest BCUT2D eigenvalue weighted by molar-refractivity contribution is 7.45. The molecular weight excluding hydrogens is 613 g/mol. The molecule has 0 bridgehead atoms. The quantitative estimate of drug-likeness (QED) is 0.0362. The van der Waals surface area contributed by atoms with Gasteiger partial charge in [0.15, 0.2) is 0 Å². The highest BCUT2D eigenvalue weighted by Gasteiger charge is 2.19. The van der Waals surface area contributed by atoms with Gasteiger partial charge in [0.05, 0.1) is 27.2 Å². The van der Waals surface area contributed by atoms with Gasteiger partial charge in [-0.05, 0) is 12.8 Å². The lowest BCUT2D eigenvalue weighted by atomic mass is 10.0. The van der Waals surface area contributed by atoms with E-state index in [1.807, 2.05) is 21.1 Å². The lowest BCUT2D eigenvalue weighted by molar-refractivity contribution is -0.870. The maximum absolute atomic E-state index is 12.6. The van der Waals surface area contributed by atoms with Crippen LogP contribution in [0.1, 0.15) is 232 Å². The van der Waals surface area contributed by atoms with Gasteiger partial charge in [0.25, 0.3) is 7.82 Å². The summed E-state index contributed by atoms with van der Waals surface area (Å²) >= 11 is 0. The fourth-order valence-corrected chi connectivity index (χ4v) is 7.67. The van der Waals surface area contributed by atoms with Gasteiger partial charge in [0.1, 0.15) is 13.2 Å². The number of nitrogens with zero attached hydrogens (tertiary/aromatic N) is 1. The van der Waals surface area contributed by atoms with Crippen molar-refractivity contribution in [2.24, 2.45) is 0 Å². The monoisotopic (exact) mass is 702 g/mol. The summed E-state index contributed by atoms with van der Waals surface area (Å²) in [5.41, 5.74) is 0. The van der Waals surface area contributed by atoms with E-state index in [2.05, 4.69) is 13.8 Å². The summed E-state index contributed by atoms with van der Waals surface area (Å²) in [6.45, 7) is 5.39. The van der Waals surface area contributed by atoms with Crippen LogP contribution >= 0.6 is 7.82 Å². The second kappa shape index (κ2) is 35.5. The minimum atomic E-state index is -4.28. The van der Waals surface area contributed by atoms with Gasteiger partial charge in [0, 0.05) is 0 Å². The molecule has 0 amide bonds. The first-order chi connectivity index (χ1) is 23.2. The molecule has 0 aromatic carbocycles. The van der Waals surface area contributed by atoms with Crippen molar-refractivity contribution in [3.63, 3.8) is 0 Å². The summed E-state index contributed by atoms with van der Waals surface area (Å²) in [6.07, 6.45) is 44.5. The molecule has 6 heteroatoms. The molecule has 0 aliphatic heterocycles. The van der Waals surface area contributed by atoms with Crippen molar-refractivity contribution < 1.29 is 23.0 Å². The lowest BCUT2D eigenvalue weighted by Crippen LogP contribution is -2.37. The highest BCUT2D eigenvalue weighted by Crippen LogP contribution is 2.41. The van der Waals surface area contributed by atoms with E-state index >= 15 is 0 Å². The van der Waals surface area contributed by atoms with Crippen LogP contribution in [0.15, 0.2) is 0 Å². The average Bonchev–Trinajstić information content (AvgIpc) is 3.03. The van der Waals surface area contributed by atoms with Crippen LogP contribution in [-0.4, -0.2) is 44.9 Å². The van der Waals surface area contributed by atoms with Crippen LogP contribution in [0.25, 0.3) is 0 Å². The van der Waals surface area contributed by atoms with Gasteiger partial charge < -0.3 is 18.4 Å². The Hall–Kier alpha value is 0.0700. The first kappa shape index (κ1) is 48.1. The first-order valence-electron chi connectivity index (χ1n) is 21.6. The van der Waals surface area contributed by atoms with Crippen LogP contribution in [0.4, 0.5) is 0 Å². The summed E-state index contributed by atoms with van der Waals surface area (Å²) < 4.78 is 24.3. The fraction of sp³-hybridized carbons (Fsp3) is 1.00. The summed E-state index contributed by atoms with van der Waals surface area (Å²) in [6, 6.07) is 0. The number of phosphoric acid groups is 1. The van der Waals surface area contributed by atoms with Gasteiger partial charge in [-0.25, -0.2) is 0 Å². The largest absolute Gasteiger partial charge is 0.756 e. The van der Waals surface area contributed by atoms with Crippen molar-refractivity contribution in [2.45, 2.75) is 238 Å². The van der Waals surface area contributed by atoms with E-state index < -0.39 is 7.82 Å². The SMILES string of the molecule is CCCCCCCCCCCCCCCCCCC(CCCCCCCCCCCCCCCCCC)OP(=O)([O-])OCC[N+](C)(C)C. The highest BCUT2D eigenvalue weighted by atomic mass is 31.2. The van der Waals surface area contributed by atoms with E-state index in [9.17, 15) is 9.46 Å². The summed E-state index contributed by atoms with van der Waals surface area (Å²) in [4.78, 5) is 12.6. The number of quaternary nitrogens is 1. The van der Waals surface area contributed by atoms with E-state index in [0.29, 0.717) is 11.0 Å². The Kier molecular flexibility index (Phi) is 35.5. The molecule has 1 unspecified atom stereocenters. The summed E-state index contributed by atoms with van der Waals surface area (Å²) in [5, 5.41) is 0. The number of hydrogen-bond acceptors (Lipinski definition) is 4. The Balaban J connectivity index is 4.05. The molecule has 0 fully saturated rings. The predicted octanol–water partition coefficient (Wildman–Crippen LogP) is 13.9. The van der Waals surface area contributed by atoms with Gasteiger partial charge in [-0.3, -0.25) is 4.57 Å². The third-order valence-electron chi connectivity index (χ3n) is 10.0. The molecular formula is C42H88NO4P. The number of phosphoric ester groups is 1. The number of rotatable bonds is 40. The smallest absolute Gasteiger partial charge is 0.268 e. The average molecular weight is 702 g/mol. The number of hydrogen-bond donors (Lipinski definition) is 0. The Morgan fingerprint density at radius 2 is 0.708 bits per heavy atom. The Labute approximate surface area is 302 Å². The number of likely N-dealkylation sites (N-methyl/N-ethyl adjacent to an activating group) is 1. The van der Waals surface area contributed by atoms with Crippen molar-refractivity contribution in [2.75, 3.05) is 34.3 Å². The Morgan fingerprint density at radius 1 is 0.458 bits per heavy atom. The van der Waals surface area contributed by atoms with Gasteiger partial charge in [0.2, 0.25) is 0 Å². The van der Waals surface area contributed by atoms with Crippen molar-refractivity contribution in [3.8, 4) is 0 Å². The van der Waals surface area contributed by atoms with E-state index in [4.69, 9.17) is 9.05 Å². The van der Waals surface area contributed by atoms with E-state index in [-0.39, 0.29) is 12.7 Å². The normalized spacial score (nSPS) is 13.5. The molecule has 1 atom stereocenters. The van der Waals surface area contributed by atoms with Crippen LogP contribution in [0.2, 0.25) is 0 Å². The van der Waals surface area contributed by atoms with Crippen molar-refractivity contribution in [1.29, 1.82) is 0 Å². The molecule has 0 rings (SSSR count). The van der Waals surface area contributed by atoms with Gasteiger partial charge in [-0.15, -0.1) is 0 Å². The lowest BCUT2D eigenvalue weighted by Gasteiger charge is -2.30. The first-order valence-corrected chi connectivity index (χ1v) is 23.1. The molecule has 0 saturated heterocycles. The molecule has 5 nitrogen and oxygen atoms in total. The molecule has 0 N–H and O–H groups in total. The van der Waals surface area contributed by atoms with Crippen molar-refractivity contribution in [1.82, 2.24) is 0 Å². The Bertz CT molecular complexity index is 647. The van der Waals surface area contributed by atoms with Crippen LogP contribution in [-0.2, 0) is 13.6 Å². The maximum Gasteiger partial charge on any atom is 0.268 e. The van der Waals surface area contributed by atoms with Crippen molar-refractivity contribution >= 4 is 7.82 Å². The number of unbranched alkanes of at least 4 members (excludes halogenated alkanes) is 30. The fourth-order valence-electron chi connectivity index (χ4n) is 6.73. The van der Waals surface area contributed by atoms with E-state index in [1.165, 1.54) is 193 Å². The molecule has 0 heterocycles. The summed E-state index contributed by atoms with van der Waals surface area (Å²) in [5.74, 6) is 0. The van der Waals surface area contributed by atoms with Gasteiger partial charge in [-0.2, -0.15) is 0 Å². The third-order valence-corrected chi connectivity index (χ3v) is 11.1. The molecule has 0 aliphatic rings. The molecule has 0 aromatic rings. The Morgan fingerprint density at radius 3 is 0.958 bits per heavy atom. The molecule has 0 aliphatic carbocycles. The van der Waals surface area contributed by atoms with E-state index in [0.717, 1.165) is 25.7 Å². The second-order valence-corrected chi connectivity index (χ2v) is 17.6. The zero-order valence-electron chi connectivity index (χ0n) is 33.6. The van der Waals surface area contributed by atoms with Gasteiger partial charge in [-0.1, -0.05) is 219 Å². The van der Waals surface area contributed by atoms with Crippen LogP contribution in [0.3, 0.4) is 0 Å². The van der Waals surface area contributed by atoms with Crippen LogP contribution in [0.5, 0.6) is 0 Å². The molecule has 48 heavy (non-hydrogen) atoms. The molecule has 0 saturated carbocycles. The summed E-state index contributed by atoms with van der Waals surface area (Å²) in [7, 11) is 1.84. The molecule has 0 spiro atoms. The van der Waals surface area contributed by atoms with Crippen LogP contribution < -0.4 is 4.89 Å². The molecule has 0 radical (unpaired) electrons. The maximum atomic E-state index is 12.6. The predicted molar refractivity (Wildman–Crippen MR) is 210 cm³/mol. The minimum Gasteiger partial charge on any atom is -0.756 e. The third kappa shape index (κ3) is 38.9. The van der Waals surface area contributed by atoms with Crippen molar-refractivity contribution in [3.05, 3.63) is 0 Å². The zero-order valence-corrected chi connectivity index (χ0v) is 34.5.